The van der Waals surface area contributed by atoms with Crippen LogP contribution in [0.15, 0.2) is 42.5 Å². The maximum absolute atomic E-state index is 13.6. The maximum Gasteiger partial charge on any atom is 0.416 e. The number of piperidine rings is 2. The Morgan fingerprint density at radius 1 is 0.861 bits per heavy atom. The predicted molar refractivity (Wildman–Crippen MR) is 120 cm³/mol. The molecule has 3 atom stereocenters. The lowest BCUT2D eigenvalue weighted by atomic mass is 9.83. The summed E-state index contributed by atoms with van der Waals surface area (Å²) in [6, 6.07) is 6.62. The van der Waals surface area contributed by atoms with Crippen LogP contribution in [0.3, 0.4) is 0 Å². The summed E-state index contributed by atoms with van der Waals surface area (Å²) in [5.41, 5.74) is -3.01. The van der Waals surface area contributed by atoms with E-state index in [-0.39, 0.29) is 36.5 Å². The van der Waals surface area contributed by atoms with E-state index in [0.717, 1.165) is 24.9 Å². The molecular formula is C25H24ClF7N2O. The van der Waals surface area contributed by atoms with E-state index in [9.17, 15) is 35.5 Å². The molecule has 0 bridgehead atoms. The summed E-state index contributed by atoms with van der Waals surface area (Å²) in [4.78, 5) is 16.7. The molecular weight excluding hydrogens is 513 g/mol. The fraction of sp³-hybridized carbons (Fsp3) is 0.480. The number of hydrogen-bond donors (Lipinski definition) is 0. The molecule has 36 heavy (non-hydrogen) atoms. The molecule has 2 heterocycles. The zero-order valence-corrected chi connectivity index (χ0v) is 19.8. The van der Waals surface area contributed by atoms with Gasteiger partial charge < -0.3 is 4.90 Å². The van der Waals surface area contributed by atoms with Crippen molar-refractivity contribution in [2.45, 2.75) is 49.0 Å². The summed E-state index contributed by atoms with van der Waals surface area (Å²) < 4.78 is 93.4. The van der Waals surface area contributed by atoms with Gasteiger partial charge in [0.2, 0.25) is 0 Å². The van der Waals surface area contributed by atoms with Crippen molar-refractivity contribution in [1.29, 1.82) is 0 Å². The Hall–Kier alpha value is -2.33. The molecule has 3 unspecified atom stereocenters. The SMILES string of the molecule is O=C(c1cc(C(F)(F)F)cc(C(F)(F)F)c1)N1CCC(N2CCCC(Cl)C2)C(c2ccc(F)cc2)C1. The second-order valence-corrected chi connectivity index (χ2v) is 9.91. The molecule has 3 nitrogen and oxygen atoms in total. The second-order valence-electron chi connectivity index (χ2n) is 9.29. The van der Waals surface area contributed by atoms with Gasteiger partial charge in [-0.2, -0.15) is 26.3 Å². The van der Waals surface area contributed by atoms with Crippen molar-refractivity contribution in [1.82, 2.24) is 9.80 Å². The Labute approximate surface area is 208 Å². The number of hydrogen-bond acceptors (Lipinski definition) is 2. The van der Waals surface area contributed by atoms with E-state index < -0.39 is 40.8 Å². The van der Waals surface area contributed by atoms with Gasteiger partial charge in [0.15, 0.2) is 0 Å². The number of benzene rings is 2. The summed E-state index contributed by atoms with van der Waals surface area (Å²) in [6.45, 7) is 1.63. The molecule has 11 heteroatoms. The number of likely N-dealkylation sites (tertiary alicyclic amines) is 2. The Morgan fingerprint density at radius 3 is 2.03 bits per heavy atom. The van der Waals surface area contributed by atoms with Crippen LogP contribution in [0.25, 0.3) is 0 Å². The van der Waals surface area contributed by atoms with Crippen molar-refractivity contribution < 1.29 is 35.5 Å². The van der Waals surface area contributed by atoms with E-state index in [4.69, 9.17) is 11.6 Å². The lowest BCUT2D eigenvalue weighted by molar-refractivity contribution is -0.143. The van der Waals surface area contributed by atoms with Crippen LogP contribution in [0, 0.1) is 5.82 Å². The number of rotatable bonds is 3. The van der Waals surface area contributed by atoms with E-state index in [1.165, 1.54) is 17.0 Å². The molecule has 2 fully saturated rings. The Kier molecular flexibility index (Phi) is 7.57. The van der Waals surface area contributed by atoms with Gasteiger partial charge in [0.1, 0.15) is 5.82 Å². The highest BCUT2D eigenvalue weighted by atomic mass is 35.5. The molecule has 0 aliphatic carbocycles. The minimum atomic E-state index is -5.05. The van der Waals surface area contributed by atoms with E-state index >= 15 is 0 Å². The summed E-state index contributed by atoms with van der Waals surface area (Å²) in [5.74, 6) is -1.68. The summed E-state index contributed by atoms with van der Waals surface area (Å²) in [7, 11) is 0. The molecule has 0 radical (unpaired) electrons. The Bertz CT molecular complexity index is 1060. The van der Waals surface area contributed by atoms with Crippen LogP contribution in [0.4, 0.5) is 30.7 Å². The molecule has 2 aliphatic heterocycles. The topological polar surface area (TPSA) is 23.6 Å². The number of carbonyl (C=O) groups is 1. The van der Waals surface area contributed by atoms with E-state index in [0.29, 0.717) is 25.1 Å². The molecule has 2 aliphatic rings. The van der Waals surface area contributed by atoms with Crippen molar-refractivity contribution in [2.24, 2.45) is 0 Å². The minimum Gasteiger partial charge on any atom is -0.338 e. The van der Waals surface area contributed by atoms with Gasteiger partial charge >= 0.3 is 12.4 Å². The Morgan fingerprint density at radius 2 is 1.47 bits per heavy atom. The van der Waals surface area contributed by atoms with Gasteiger partial charge in [0.05, 0.1) is 11.1 Å². The van der Waals surface area contributed by atoms with Crippen LogP contribution in [0.2, 0.25) is 0 Å². The van der Waals surface area contributed by atoms with Crippen LogP contribution in [-0.2, 0) is 12.4 Å². The first-order chi connectivity index (χ1) is 16.8. The van der Waals surface area contributed by atoms with E-state index in [1.54, 1.807) is 12.1 Å². The van der Waals surface area contributed by atoms with Gasteiger partial charge in [-0.25, -0.2) is 4.39 Å². The van der Waals surface area contributed by atoms with Crippen molar-refractivity contribution in [3.8, 4) is 0 Å². The Balaban J connectivity index is 1.65. The van der Waals surface area contributed by atoms with Crippen LogP contribution >= 0.6 is 11.6 Å². The first kappa shape index (κ1) is 26.7. The highest BCUT2D eigenvalue weighted by Gasteiger charge is 2.40. The summed E-state index contributed by atoms with van der Waals surface area (Å²) >= 11 is 6.37. The molecule has 2 saturated heterocycles. The summed E-state index contributed by atoms with van der Waals surface area (Å²) in [6.07, 6.45) is -7.90. The molecule has 2 aromatic rings. The molecule has 1 amide bonds. The number of alkyl halides is 7. The largest absolute Gasteiger partial charge is 0.416 e. The smallest absolute Gasteiger partial charge is 0.338 e. The van der Waals surface area contributed by atoms with Crippen LogP contribution < -0.4 is 0 Å². The normalized spacial score (nSPS) is 24.1. The van der Waals surface area contributed by atoms with Gasteiger partial charge in [-0.15, -0.1) is 11.6 Å². The van der Waals surface area contributed by atoms with E-state index in [1.807, 2.05) is 0 Å². The number of nitrogens with zero attached hydrogens (tertiary/aromatic N) is 2. The highest BCUT2D eigenvalue weighted by Crippen LogP contribution is 2.38. The lowest BCUT2D eigenvalue weighted by Crippen LogP contribution is -2.53. The average molecular weight is 537 g/mol. The molecule has 0 N–H and O–H groups in total. The number of halogens is 8. The second kappa shape index (κ2) is 10.2. The quantitative estimate of drug-likeness (QED) is 0.327. The molecule has 0 saturated carbocycles. The zero-order valence-electron chi connectivity index (χ0n) is 19.0. The van der Waals surface area contributed by atoms with E-state index in [2.05, 4.69) is 4.90 Å². The third-order valence-electron chi connectivity index (χ3n) is 6.86. The van der Waals surface area contributed by atoms with Crippen molar-refractivity contribution in [3.63, 3.8) is 0 Å². The fourth-order valence-electron chi connectivity index (χ4n) is 5.11. The lowest BCUT2D eigenvalue weighted by Gasteiger charge is -2.46. The highest BCUT2D eigenvalue weighted by molar-refractivity contribution is 6.20. The average Bonchev–Trinajstić information content (AvgIpc) is 2.82. The number of amides is 1. The third-order valence-corrected chi connectivity index (χ3v) is 7.22. The fourth-order valence-corrected chi connectivity index (χ4v) is 5.45. The number of carbonyl (C=O) groups excluding carboxylic acids is 1. The van der Waals surface area contributed by atoms with Crippen LogP contribution in [0.5, 0.6) is 0 Å². The summed E-state index contributed by atoms with van der Waals surface area (Å²) in [5, 5.41) is -0.0434. The maximum atomic E-state index is 13.6. The molecule has 0 spiro atoms. The monoisotopic (exact) mass is 536 g/mol. The zero-order chi connectivity index (χ0) is 26.3. The molecule has 0 aromatic heterocycles. The molecule has 4 rings (SSSR count). The van der Waals surface area contributed by atoms with Crippen LogP contribution in [0.1, 0.15) is 52.2 Å². The third kappa shape index (κ3) is 5.96. The minimum absolute atomic E-state index is 0.00324. The first-order valence-corrected chi connectivity index (χ1v) is 12.0. The predicted octanol–water partition coefficient (Wildman–Crippen LogP) is 6.56. The molecule has 196 valence electrons. The molecule has 2 aromatic carbocycles. The first-order valence-electron chi connectivity index (χ1n) is 11.6. The van der Waals surface area contributed by atoms with Gasteiger partial charge in [-0.1, -0.05) is 12.1 Å². The van der Waals surface area contributed by atoms with Gasteiger partial charge in [0, 0.05) is 42.5 Å². The van der Waals surface area contributed by atoms with Crippen LogP contribution in [-0.4, -0.2) is 53.3 Å². The van der Waals surface area contributed by atoms with Crippen molar-refractivity contribution in [2.75, 3.05) is 26.2 Å². The van der Waals surface area contributed by atoms with Gasteiger partial charge in [-0.3, -0.25) is 9.69 Å². The van der Waals surface area contributed by atoms with Gasteiger partial charge in [-0.05, 0) is 61.7 Å². The standard InChI is InChI=1S/C25H24ClF7N2O/c26-19-2-1-8-34(13-19)22-7-9-35(14-21(22)15-3-5-20(27)6-4-15)23(36)16-10-17(24(28,29)30)12-18(11-16)25(31,32)33/h3-6,10-12,19,21-22H,1-2,7-9,13-14H2. The van der Waals surface area contributed by atoms with Crippen molar-refractivity contribution in [3.05, 3.63) is 70.5 Å². The van der Waals surface area contributed by atoms with Crippen molar-refractivity contribution >= 4 is 17.5 Å². The van der Waals surface area contributed by atoms with Gasteiger partial charge in [0.25, 0.3) is 5.91 Å².